The fourth-order valence-electron chi connectivity index (χ4n) is 7.46. The van der Waals surface area contributed by atoms with Gasteiger partial charge < -0.3 is 9.80 Å². The van der Waals surface area contributed by atoms with Crippen LogP contribution in [0.25, 0.3) is 0 Å². The molecule has 208 valence electrons. The minimum Gasteiger partial charge on any atom is -0.310 e. The lowest BCUT2D eigenvalue weighted by atomic mass is 9.76. The zero-order chi connectivity index (χ0) is 28.5. The van der Waals surface area contributed by atoms with Crippen molar-refractivity contribution in [2.24, 2.45) is 17.8 Å². The first kappa shape index (κ1) is 25.7. The van der Waals surface area contributed by atoms with E-state index in [4.69, 9.17) is 0 Å². The zero-order valence-electron chi connectivity index (χ0n) is 23.1. The molecular weight excluding hydrogens is 516 g/mol. The summed E-state index contributed by atoms with van der Waals surface area (Å²) in [5, 5.41) is 3.54. The summed E-state index contributed by atoms with van der Waals surface area (Å²) in [5.41, 5.74) is 2.32. The Balaban J connectivity index is 1.30. The van der Waals surface area contributed by atoms with E-state index in [1.807, 2.05) is 54.6 Å². The topological polar surface area (TPSA) is 90.0 Å². The third-order valence-corrected chi connectivity index (χ3v) is 9.09. The summed E-state index contributed by atoms with van der Waals surface area (Å²) in [5.74, 6) is -2.57. The van der Waals surface area contributed by atoms with E-state index < -0.39 is 17.4 Å². The van der Waals surface area contributed by atoms with Gasteiger partial charge in [0.25, 0.3) is 5.91 Å². The predicted molar refractivity (Wildman–Crippen MR) is 155 cm³/mol. The first-order valence-corrected chi connectivity index (χ1v) is 14.3. The monoisotopic (exact) mass is 548 g/mol. The molecule has 1 spiro atoms. The molecule has 2 saturated heterocycles. The van der Waals surface area contributed by atoms with E-state index in [-0.39, 0.29) is 42.1 Å². The number of nitrogens with one attached hydrogen (secondary N) is 1. The molecule has 4 aliphatic rings. The summed E-state index contributed by atoms with van der Waals surface area (Å²) in [6.45, 7) is 4.55. The number of rotatable bonds is 5. The van der Waals surface area contributed by atoms with Gasteiger partial charge in [0.05, 0.1) is 17.5 Å². The molecule has 0 aromatic heterocycles. The Hall–Kier alpha value is -4.30. The van der Waals surface area contributed by atoms with Crippen LogP contribution in [0.1, 0.15) is 31.4 Å². The summed E-state index contributed by atoms with van der Waals surface area (Å²) < 4.78 is 0. The second-order valence-electron chi connectivity index (χ2n) is 11.9. The molecule has 0 radical (unpaired) electrons. The van der Waals surface area contributed by atoms with Gasteiger partial charge in [-0.25, -0.2) is 4.90 Å². The van der Waals surface area contributed by atoms with Crippen LogP contribution >= 0.6 is 0 Å². The summed E-state index contributed by atoms with van der Waals surface area (Å²) in [4.78, 5) is 61.1. The van der Waals surface area contributed by atoms with Crippen molar-refractivity contribution in [3.05, 3.63) is 90.0 Å². The Morgan fingerprint density at radius 3 is 2.34 bits per heavy atom. The van der Waals surface area contributed by atoms with E-state index in [2.05, 4.69) is 19.2 Å². The number of carbonyl (C=O) groups is 4. The Labute approximate surface area is 238 Å². The van der Waals surface area contributed by atoms with Gasteiger partial charge in [0.1, 0.15) is 12.1 Å². The molecule has 3 aromatic rings. The van der Waals surface area contributed by atoms with Crippen molar-refractivity contribution in [1.29, 1.82) is 0 Å². The average Bonchev–Trinajstić information content (AvgIpc) is 3.68. The van der Waals surface area contributed by atoms with Gasteiger partial charge in [-0.05, 0) is 48.6 Å². The predicted octanol–water partition coefficient (Wildman–Crippen LogP) is 3.64. The van der Waals surface area contributed by atoms with Crippen molar-refractivity contribution in [3.8, 4) is 0 Å². The molecule has 4 amide bonds. The molecule has 41 heavy (non-hydrogen) atoms. The van der Waals surface area contributed by atoms with Gasteiger partial charge in [-0.1, -0.05) is 68.4 Å². The highest BCUT2D eigenvalue weighted by Gasteiger charge is 2.71. The first-order chi connectivity index (χ1) is 19.8. The third kappa shape index (κ3) is 3.63. The highest BCUT2D eigenvalue weighted by molar-refractivity contribution is 6.26. The van der Waals surface area contributed by atoms with Crippen LogP contribution in [0.5, 0.6) is 0 Å². The van der Waals surface area contributed by atoms with Gasteiger partial charge in [0.2, 0.25) is 17.7 Å². The maximum absolute atomic E-state index is 14.7. The number of benzene rings is 3. The number of hydrogen-bond donors (Lipinski definition) is 1. The number of para-hydroxylation sites is 3. The lowest BCUT2D eigenvalue weighted by Crippen LogP contribution is -2.56. The van der Waals surface area contributed by atoms with Crippen molar-refractivity contribution < 1.29 is 19.2 Å². The molecule has 2 fully saturated rings. The summed E-state index contributed by atoms with van der Waals surface area (Å²) >= 11 is 0. The molecule has 4 aliphatic heterocycles. The second-order valence-corrected chi connectivity index (χ2v) is 11.9. The Bertz CT molecular complexity index is 1590. The van der Waals surface area contributed by atoms with E-state index in [1.165, 1.54) is 9.80 Å². The Kier molecular flexibility index (Phi) is 5.87. The van der Waals surface area contributed by atoms with Crippen LogP contribution in [-0.2, 0) is 31.1 Å². The highest BCUT2D eigenvalue weighted by Crippen LogP contribution is 2.55. The van der Waals surface area contributed by atoms with Crippen molar-refractivity contribution in [2.45, 2.75) is 38.3 Å². The van der Waals surface area contributed by atoms with Gasteiger partial charge in [-0.2, -0.15) is 0 Å². The average molecular weight is 549 g/mol. The molecule has 0 unspecified atom stereocenters. The number of carbonyl (C=O) groups excluding carboxylic acids is 4. The molecule has 3 aromatic carbocycles. The van der Waals surface area contributed by atoms with E-state index in [0.717, 1.165) is 17.7 Å². The molecular formula is C33H32N4O4. The summed E-state index contributed by atoms with van der Waals surface area (Å²) in [6.07, 6.45) is 1.40. The normalized spacial score (nSPS) is 26.4. The van der Waals surface area contributed by atoms with Gasteiger partial charge >= 0.3 is 0 Å². The van der Waals surface area contributed by atoms with E-state index in [1.54, 1.807) is 29.2 Å². The number of amides is 4. The maximum Gasteiger partial charge on any atom is 0.253 e. The largest absolute Gasteiger partial charge is 0.310 e. The number of anilines is 3. The van der Waals surface area contributed by atoms with Crippen molar-refractivity contribution in [2.75, 3.05) is 27.8 Å². The molecule has 0 aliphatic carbocycles. The standard InChI is InChI=1S/C33H32N4O4/c1-20(2)18-24-28-29(31(40)37(30(28)39)22-11-4-3-5-12-22)33(34-24)23-13-7-9-15-26(23)36(32(33)41)19-27(38)35-17-16-21-10-6-8-14-25(21)35/h3-15,20,24,28-29,34H,16-19H2,1-2H3/t24-,28+,29-,33-/m0/s1. The highest BCUT2D eigenvalue weighted by atomic mass is 16.2. The molecule has 8 nitrogen and oxygen atoms in total. The van der Waals surface area contributed by atoms with E-state index >= 15 is 0 Å². The number of fused-ring (bicyclic) bond motifs is 5. The lowest BCUT2D eigenvalue weighted by Gasteiger charge is -2.31. The van der Waals surface area contributed by atoms with Crippen LogP contribution in [0.4, 0.5) is 17.1 Å². The number of nitrogens with zero attached hydrogens (tertiary/aromatic N) is 3. The van der Waals surface area contributed by atoms with Gasteiger partial charge in [-0.3, -0.25) is 24.5 Å². The van der Waals surface area contributed by atoms with Crippen LogP contribution in [-0.4, -0.2) is 42.8 Å². The minimum atomic E-state index is -1.43. The molecule has 1 N–H and O–H groups in total. The lowest BCUT2D eigenvalue weighted by molar-refractivity contribution is -0.132. The second kappa shape index (κ2) is 9.38. The molecule has 4 heterocycles. The van der Waals surface area contributed by atoms with Crippen LogP contribution in [0.3, 0.4) is 0 Å². The molecule has 4 atom stereocenters. The molecule has 7 rings (SSSR count). The SMILES string of the molecule is CC(C)C[C@@H]1N[C@]2(C(=O)N(CC(=O)N3CCc4ccccc43)c3ccccc32)[C@@H]2C(=O)N(c3ccccc3)C(=O)[C@H]12. The fraction of sp³-hybridized carbons (Fsp3) is 0.333. The van der Waals surface area contributed by atoms with E-state index in [9.17, 15) is 19.2 Å². The maximum atomic E-state index is 14.7. The quantitative estimate of drug-likeness (QED) is 0.492. The van der Waals surface area contributed by atoms with Crippen LogP contribution in [0.2, 0.25) is 0 Å². The minimum absolute atomic E-state index is 0.148. The summed E-state index contributed by atoms with van der Waals surface area (Å²) in [6, 6.07) is 23.7. The smallest absolute Gasteiger partial charge is 0.253 e. The Morgan fingerprint density at radius 2 is 1.59 bits per heavy atom. The fourth-order valence-corrected chi connectivity index (χ4v) is 7.46. The van der Waals surface area contributed by atoms with Crippen molar-refractivity contribution in [3.63, 3.8) is 0 Å². The molecule has 8 heteroatoms. The summed E-state index contributed by atoms with van der Waals surface area (Å²) in [7, 11) is 0. The molecule has 0 bridgehead atoms. The van der Waals surface area contributed by atoms with Gasteiger partial charge in [0, 0.05) is 29.5 Å². The van der Waals surface area contributed by atoms with Crippen LogP contribution < -0.4 is 20.0 Å². The molecule has 0 saturated carbocycles. The number of imide groups is 1. The first-order valence-electron chi connectivity index (χ1n) is 14.3. The Morgan fingerprint density at radius 1 is 0.902 bits per heavy atom. The van der Waals surface area contributed by atoms with Crippen molar-refractivity contribution in [1.82, 2.24) is 5.32 Å². The van der Waals surface area contributed by atoms with Gasteiger partial charge in [0.15, 0.2) is 0 Å². The third-order valence-electron chi connectivity index (χ3n) is 9.09. The zero-order valence-corrected chi connectivity index (χ0v) is 23.1. The van der Waals surface area contributed by atoms with Gasteiger partial charge in [-0.15, -0.1) is 0 Å². The van der Waals surface area contributed by atoms with Crippen molar-refractivity contribution >= 4 is 40.7 Å². The van der Waals surface area contributed by atoms with E-state index in [0.29, 0.717) is 29.9 Å². The van der Waals surface area contributed by atoms with Crippen LogP contribution in [0.15, 0.2) is 78.9 Å². The van der Waals surface area contributed by atoms with Crippen LogP contribution in [0, 0.1) is 17.8 Å². The number of hydrogen-bond acceptors (Lipinski definition) is 5.